The van der Waals surface area contributed by atoms with Crippen molar-refractivity contribution in [3.05, 3.63) is 127 Å². The summed E-state index contributed by atoms with van der Waals surface area (Å²) in [5, 5.41) is 0.114. The molecular formula is C30H20I2N2O3S. The van der Waals surface area contributed by atoms with Crippen LogP contribution in [-0.4, -0.2) is 16.9 Å². The van der Waals surface area contributed by atoms with Gasteiger partial charge in [-0.1, -0.05) is 66.7 Å². The van der Waals surface area contributed by atoms with Crippen LogP contribution in [0.1, 0.15) is 11.1 Å². The number of hydrogen-bond donors (Lipinski definition) is 0. The molecule has 0 radical (unpaired) electrons. The van der Waals surface area contributed by atoms with Crippen molar-refractivity contribution in [2.75, 3.05) is 9.80 Å². The Labute approximate surface area is 253 Å². The molecule has 188 valence electrons. The summed E-state index contributed by atoms with van der Waals surface area (Å²) < 4.78 is 7.86. The molecule has 0 N–H and O–H groups in total. The van der Waals surface area contributed by atoms with Crippen LogP contribution in [0.3, 0.4) is 0 Å². The van der Waals surface area contributed by atoms with E-state index < -0.39 is 11.8 Å². The molecule has 1 aliphatic rings. The van der Waals surface area contributed by atoms with Gasteiger partial charge in [-0.25, -0.2) is 0 Å². The van der Waals surface area contributed by atoms with E-state index in [1.54, 1.807) is 30.3 Å². The summed E-state index contributed by atoms with van der Waals surface area (Å²) in [6.07, 6.45) is 1.63. The first-order valence-electron chi connectivity index (χ1n) is 11.6. The normalized spacial score (nSPS) is 13.6. The van der Waals surface area contributed by atoms with Crippen molar-refractivity contribution >= 4 is 91.8 Å². The zero-order chi connectivity index (χ0) is 26.6. The number of benzene rings is 4. The topological polar surface area (TPSA) is 49.9 Å². The first kappa shape index (κ1) is 26.5. The number of amides is 2. The van der Waals surface area contributed by atoms with Gasteiger partial charge in [-0.05, 0) is 111 Å². The van der Waals surface area contributed by atoms with Crippen LogP contribution in [0.15, 0.2) is 109 Å². The Kier molecular flexibility index (Phi) is 8.20. The van der Waals surface area contributed by atoms with Crippen LogP contribution < -0.4 is 14.5 Å². The monoisotopic (exact) mass is 742 g/mol. The quantitative estimate of drug-likeness (QED) is 0.0907. The van der Waals surface area contributed by atoms with Crippen LogP contribution in [0.2, 0.25) is 0 Å². The van der Waals surface area contributed by atoms with Gasteiger partial charge in [0, 0.05) is 0 Å². The van der Waals surface area contributed by atoms with Crippen molar-refractivity contribution in [2.24, 2.45) is 0 Å². The fourth-order valence-electron chi connectivity index (χ4n) is 4.04. The Balaban J connectivity index is 1.53. The molecule has 0 unspecified atom stereocenters. The highest BCUT2D eigenvalue weighted by Crippen LogP contribution is 2.33. The van der Waals surface area contributed by atoms with Crippen LogP contribution in [0, 0.1) is 7.14 Å². The van der Waals surface area contributed by atoms with Gasteiger partial charge >= 0.3 is 0 Å². The average Bonchev–Trinajstić information content (AvgIpc) is 2.92. The third-order valence-electron chi connectivity index (χ3n) is 5.84. The Bertz CT molecular complexity index is 1460. The van der Waals surface area contributed by atoms with E-state index in [9.17, 15) is 9.59 Å². The van der Waals surface area contributed by atoms with Gasteiger partial charge < -0.3 is 4.74 Å². The van der Waals surface area contributed by atoms with Crippen LogP contribution in [0.5, 0.6) is 5.75 Å². The van der Waals surface area contributed by atoms with Crippen LogP contribution >= 0.6 is 57.4 Å². The van der Waals surface area contributed by atoms with E-state index >= 15 is 0 Å². The highest BCUT2D eigenvalue weighted by atomic mass is 127. The molecule has 0 spiro atoms. The minimum Gasteiger partial charge on any atom is -0.487 e. The highest BCUT2D eigenvalue weighted by Gasteiger charge is 2.41. The lowest BCUT2D eigenvalue weighted by molar-refractivity contribution is -0.120. The first-order valence-corrected chi connectivity index (χ1v) is 14.2. The standard InChI is InChI=1S/C30H20I2N2O3S/c31-25-17-21(18-26(32)27(25)37-19-20-10-4-1-5-11-20)16-24-28(35)33(22-12-6-2-7-13-22)30(38)34(29(24)36)23-14-8-3-9-15-23/h1-18H,19H2. The Morgan fingerprint density at radius 3 is 1.63 bits per heavy atom. The van der Waals surface area contributed by atoms with Crippen LogP contribution in [0.4, 0.5) is 11.4 Å². The molecule has 4 aromatic carbocycles. The van der Waals surface area contributed by atoms with Gasteiger partial charge in [0.1, 0.15) is 17.9 Å². The lowest BCUT2D eigenvalue weighted by atomic mass is 10.0. The number of hydrogen-bond acceptors (Lipinski definition) is 4. The zero-order valence-corrected chi connectivity index (χ0v) is 25.0. The van der Waals surface area contributed by atoms with E-state index in [1.165, 1.54) is 9.80 Å². The molecule has 8 heteroatoms. The number of anilines is 2. The second-order valence-electron chi connectivity index (χ2n) is 8.38. The molecule has 2 amide bonds. The maximum atomic E-state index is 13.7. The summed E-state index contributed by atoms with van der Waals surface area (Å²) in [5.41, 5.74) is 3.00. The molecule has 1 heterocycles. The van der Waals surface area contributed by atoms with Gasteiger partial charge in [-0.15, -0.1) is 0 Å². The molecule has 0 bridgehead atoms. The lowest BCUT2D eigenvalue weighted by Crippen LogP contribution is -2.56. The maximum absolute atomic E-state index is 13.7. The minimum absolute atomic E-state index is 0.0239. The predicted octanol–water partition coefficient (Wildman–Crippen LogP) is 7.22. The van der Waals surface area contributed by atoms with E-state index in [0.717, 1.165) is 24.0 Å². The average molecular weight is 742 g/mol. The van der Waals surface area contributed by atoms with E-state index in [-0.39, 0.29) is 10.7 Å². The molecule has 5 nitrogen and oxygen atoms in total. The number of thiocarbonyl (C=S) groups is 1. The van der Waals surface area contributed by atoms with Crippen molar-refractivity contribution in [3.8, 4) is 5.75 Å². The number of nitrogens with zero attached hydrogens (tertiary/aromatic N) is 2. The zero-order valence-electron chi connectivity index (χ0n) is 19.9. The van der Waals surface area contributed by atoms with E-state index in [0.29, 0.717) is 18.0 Å². The maximum Gasteiger partial charge on any atom is 0.270 e. The van der Waals surface area contributed by atoms with Gasteiger partial charge in [0.2, 0.25) is 0 Å². The summed E-state index contributed by atoms with van der Waals surface area (Å²) in [6.45, 7) is 0.444. The summed E-state index contributed by atoms with van der Waals surface area (Å²) in [6, 6.07) is 32.0. The number of carbonyl (C=O) groups excluding carboxylic acids is 2. The first-order chi connectivity index (χ1) is 18.4. The van der Waals surface area contributed by atoms with Gasteiger partial charge in [-0.3, -0.25) is 19.4 Å². The molecule has 38 heavy (non-hydrogen) atoms. The van der Waals surface area contributed by atoms with E-state index in [4.69, 9.17) is 17.0 Å². The molecule has 0 aromatic heterocycles. The van der Waals surface area contributed by atoms with Crippen molar-refractivity contribution in [1.29, 1.82) is 0 Å². The molecule has 0 saturated carbocycles. The van der Waals surface area contributed by atoms with Gasteiger partial charge in [-0.2, -0.15) is 0 Å². The van der Waals surface area contributed by atoms with Crippen molar-refractivity contribution < 1.29 is 14.3 Å². The van der Waals surface area contributed by atoms with Crippen molar-refractivity contribution in [1.82, 2.24) is 0 Å². The Hall–Kier alpha value is -3.09. The third-order valence-corrected chi connectivity index (χ3v) is 7.80. The molecule has 4 aromatic rings. The van der Waals surface area contributed by atoms with Crippen molar-refractivity contribution in [2.45, 2.75) is 6.61 Å². The molecule has 5 rings (SSSR count). The summed E-state index contributed by atoms with van der Waals surface area (Å²) in [7, 11) is 0. The van der Waals surface area contributed by atoms with E-state index in [2.05, 4.69) is 45.2 Å². The number of para-hydroxylation sites is 2. The molecule has 1 saturated heterocycles. The predicted molar refractivity (Wildman–Crippen MR) is 171 cm³/mol. The summed E-state index contributed by atoms with van der Waals surface area (Å²) in [5.74, 6) is -0.169. The van der Waals surface area contributed by atoms with Crippen LogP contribution in [-0.2, 0) is 16.2 Å². The number of carbonyl (C=O) groups is 2. The second kappa shape index (κ2) is 11.7. The van der Waals surface area contributed by atoms with Gasteiger partial charge in [0.15, 0.2) is 5.11 Å². The minimum atomic E-state index is -0.465. The molecular weight excluding hydrogens is 722 g/mol. The largest absolute Gasteiger partial charge is 0.487 e. The van der Waals surface area contributed by atoms with Gasteiger partial charge in [0.25, 0.3) is 11.8 Å². The van der Waals surface area contributed by atoms with Crippen molar-refractivity contribution in [3.63, 3.8) is 0 Å². The number of rotatable bonds is 6. The molecule has 1 fully saturated rings. The number of ether oxygens (including phenoxy) is 1. The van der Waals surface area contributed by atoms with Crippen LogP contribution in [0.25, 0.3) is 6.08 Å². The smallest absolute Gasteiger partial charge is 0.270 e. The third kappa shape index (κ3) is 5.52. The fraction of sp³-hybridized carbons (Fsp3) is 0.0333. The van der Waals surface area contributed by atoms with E-state index in [1.807, 2.05) is 78.9 Å². The highest BCUT2D eigenvalue weighted by molar-refractivity contribution is 14.1. The SMILES string of the molecule is O=C1C(=Cc2cc(I)c(OCc3ccccc3)c(I)c2)C(=O)N(c2ccccc2)C(=S)N1c1ccccc1. The molecule has 0 atom stereocenters. The fourth-order valence-corrected chi connectivity index (χ4v) is 6.54. The summed E-state index contributed by atoms with van der Waals surface area (Å²) >= 11 is 10.1. The van der Waals surface area contributed by atoms with Gasteiger partial charge in [0.05, 0.1) is 18.5 Å². The summed E-state index contributed by atoms with van der Waals surface area (Å²) in [4.78, 5) is 30.2. The Morgan fingerprint density at radius 2 is 1.16 bits per heavy atom. The lowest BCUT2D eigenvalue weighted by Gasteiger charge is -2.36. The number of halogens is 2. The second-order valence-corrected chi connectivity index (χ2v) is 11.1. The molecule has 1 aliphatic heterocycles. The molecule has 0 aliphatic carbocycles. The Morgan fingerprint density at radius 1 is 0.711 bits per heavy atom.